The zero-order chi connectivity index (χ0) is 18.9. The van der Waals surface area contributed by atoms with E-state index in [0.29, 0.717) is 33.8 Å². The molecule has 9 heteroatoms. The van der Waals surface area contributed by atoms with Crippen molar-refractivity contribution in [3.63, 3.8) is 0 Å². The predicted octanol–water partition coefficient (Wildman–Crippen LogP) is 2.40. The molecular formula is C18H18BrClN5O2+. The lowest BCUT2D eigenvalue weighted by atomic mass is 9.50. The van der Waals surface area contributed by atoms with Gasteiger partial charge in [0.1, 0.15) is 11.3 Å². The predicted molar refractivity (Wildman–Crippen MR) is 103 cm³/mol. The highest BCUT2D eigenvalue weighted by atomic mass is 79.9. The molecule has 6 rings (SSSR count). The molecule has 2 amide bonds. The fourth-order valence-corrected chi connectivity index (χ4v) is 5.18. The second-order valence-electron chi connectivity index (χ2n) is 7.82. The summed E-state index contributed by atoms with van der Waals surface area (Å²) in [6.45, 7) is 0.816. The number of carbonyl (C=O) groups is 1. The van der Waals surface area contributed by atoms with Crippen molar-refractivity contribution in [2.75, 3.05) is 5.73 Å². The van der Waals surface area contributed by atoms with Crippen LogP contribution in [0.3, 0.4) is 0 Å². The third-order valence-corrected chi connectivity index (χ3v) is 6.87. The van der Waals surface area contributed by atoms with Gasteiger partial charge in [0.05, 0.1) is 34.0 Å². The number of carbonyl (C=O) groups excluding carboxylic acids is 1. The minimum atomic E-state index is 0.0421. The van der Waals surface area contributed by atoms with Crippen molar-refractivity contribution in [1.82, 2.24) is 14.9 Å². The van der Waals surface area contributed by atoms with Crippen molar-refractivity contribution >= 4 is 39.5 Å². The molecule has 0 atom stereocenters. The van der Waals surface area contributed by atoms with Crippen molar-refractivity contribution in [1.29, 1.82) is 0 Å². The maximum Gasteiger partial charge on any atom is 0.416 e. The fourth-order valence-electron chi connectivity index (χ4n) is 4.45. The smallest absolute Gasteiger partial charge is 0.416 e. The summed E-state index contributed by atoms with van der Waals surface area (Å²) in [7, 11) is 0. The largest absolute Gasteiger partial charge is 0.507 e. The number of benzene rings is 1. The molecule has 1 aromatic carbocycles. The third-order valence-electron chi connectivity index (χ3n) is 5.92. The van der Waals surface area contributed by atoms with Crippen LogP contribution in [-0.2, 0) is 13.1 Å². The van der Waals surface area contributed by atoms with E-state index >= 15 is 0 Å². The number of primary amides is 1. The molecule has 27 heavy (non-hydrogen) atoms. The number of anilines is 1. The normalized spacial score (nSPS) is 25.0. The number of nitrogens with zero attached hydrogens (tertiary/aromatic N) is 3. The number of quaternary nitrogens is 1. The number of halogens is 2. The molecule has 2 heterocycles. The van der Waals surface area contributed by atoms with Crippen molar-refractivity contribution in [3.8, 4) is 17.0 Å². The van der Waals surface area contributed by atoms with Crippen LogP contribution in [0.5, 0.6) is 5.75 Å². The molecule has 7 nitrogen and oxygen atoms in total. The minimum absolute atomic E-state index is 0.0421. The van der Waals surface area contributed by atoms with Gasteiger partial charge in [0.25, 0.3) is 0 Å². The third kappa shape index (κ3) is 2.69. The zero-order valence-corrected chi connectivity index (χ0v) is 16.7. The van der Waals surface area contributed by atoms with Crippen LogP contribution in [0, 0.1) is 5.92 Å². The summed E-state index contributed by atoms with van der Waals surface area (Å²) < 4.78 is 0.500. The highest BCUT2D eigenvalue weighted by Gasteiger charge is 2.62. The number of nitrogen functional groups attached to an aromatic ring is 1. The number of phenolic OH excluding ortho intramolecular Hbond substituents is 1. The van der Waals surface area contributed by atoms with Crippen LogP contribution >= 0.6 is 27.5 Å². The van der Waals surface area contributed by atoms with Gasteiger partial charge in [-0.05, 0) is 34.0 Å². The molecule has 3 saturated carbocycles. The molecule has 2 aromatic rings. The van der Waals surface area contributed by atoms with E-state index in [2.05, 4.69) is 25.9 Å². The van der Waals surface area contributed by atoms with Crippen LogP contribution in [0.4, 0.5) is 10.7 Å². The lowest BCUT2D eigenvalue weighted by Gasteiger charge is -2.57. The first kappa shape index (κ1) is 17.2. The number of amides is 2. The van der Waals surface area contributed by atoms with E-state index in [4.69, 9.17) is 17.3 Å². The molecule has 3 aliphatic carbocycles. The Kier molecular flexibility index (Phi) is 3.70. The van der Waals surface area contributed by atoms with Gasteiger partial charge < -0.3 is 10.8 Å². The van der Waals surface area contributed by atoms with Gasteiger partial charge in [-0.2, -0.15) is 0 Å². The van der Waals surface area contributed by atoms with Crippen molar-refractivity contribution in [2.24, 2.45) is 5.92 Å². The Morgan fingerprint density at radius 3 is 2.74 bits per heavy atom. The quantitative estimate of drug-likeness (QED) is 0.649. The molecule has 0 radical (unpaired) electrons. The van der Waals surface area contributed by atoms with Crippen LogP contribution < -0.4 is 11.1 Å². The van der Waals surface area contributed by atoms with E-state index in [0.717, 1.165) is 36.4 Å². The summed E-state index contributed by atoms with van der Waals surface area (Å²) in [4.78, 5) is 23.2. The summed E-state index contributed by atoms with van der Waals surface area (Å²) >= 11 is 9.63. The number of nitrogens with two attached hydrogens (primary N) is 2. The van der Waals surface area contributed by atoms with E-state index in [1.165, 1.54) is 0 Å². The summed E-state index contributed by atoms with van der Waals surface area (Å²) in [5.41, 5.74) is 8.73. The Morgan fingerprint density at radius 1 is 1.33 bits per heavy atom. The Balaban J connectivity index is 1.47. The van der Waals surface area contributed by atoms with Crippen LogP contribution in [-0.4, -0.2) is 31.5 Å². The minimum Gasteiger partial charge on any atom is -0.507 e. The average Bonchev–Trinajstić information content (AvgIpc) is 2.96. The Bertz CT molecular complexity index is 981. The molecule has 0 spiro atoms. The van der Waals surface area contributed by atoms with Gasteiger partial charge >= 0.3 is 6.03 Å². The summed E-state index contributed by atoms with van der Waals surface area (Å²) in [6, 6.07) is 3.21. The number of hydrogen-bond acceptors (Lipinski definition) is 5. The molecule has 140 valence electrons. The van der Waals surface area contributed by atoms with Gasteiger partial charge in [0.2, 0.25) is 5.95 Å². The van der Waals surface area contributed by atoms with E-state index < -0.39 is 0 Å². The SMILES string of the molecule is Nc1nc2c(c(-c3cc(O)c(Br)cc3Cl)n1)CN(C(=O)[NH2+]C13CC(C1)C3)C2. The lowest BCUT2D eigenvalue weighted by Crippen LogP contribution is -3.07. The first-order chi connectivity index (χ1) is 12.8. The Labute approximate surface area is 169 Å². The molecule has 1 aliphatic heterocycles. The molecule has 1 aromatic heterocycles. The molecule has 4 aliphatic rings. The topological polar surface area (TPSA) is 109 Å². The first-order valence-electron chi connectivity index (χ1n) is 8.82. The monoisotopic (exact) mass is 450 g/mol. The van der Waals surface area contributed by atoms with Crippen LogP contribution in [0.25, 0.3) is 11.3 Å². The average molecular weight is 452 g/mol. The van der Waals surface area contributed by atoms with Crippen LogP contribution in [0.1, 0.15) is 30.5 Å². The van der Waals surface area contributed by atoms with Crippen molar-refractivity contribution in [3.05, 3.63) is 32.9 Å². The van der Waals surface area contributed by atoms with E-state index in [9.17, 15) is 9.90 Å². The van der Waals surface area contributed by atoms with Gasteiger partial charge in [0, 0.05) is 30.4 Å². The van der Waals surface area contributed by atoms with Gasteiger partial charge in [-0.3, -0.25) is 10.2 Å². The molecule has 2 bridgehead atoms. The lowest BCUT2D eigenvalue weighted by molar-refractivity contribution is -0.692. The second-order valence-corrected chi connectivity index (χ2v) is 9.08. The highest BCUT2D eigenvalue weighted by molar-refractivity contribution is 9.10. The summed E-state index contributed by atoms with van der Waals surface area (Å²) in [6.07, 6.45) is 3.43. The van der Waals surface area contributed by atoms with E-state index in [-0.39, 0.29) is 23.3 Å². The first-order valence-corrected chi connectivity index (χ1v) is 9.99. The Morgan fingerprint density at radius 2 is 2.07 bits per heavy atom. The highest BCUT2D eigenvalue weighted by Crippen LogP contribution is 2.54. The number of aromatic hydroxyl groups is 1. The second kappa shape index (κ2) is 5.80. The fraction of sp³-hybridized carbons (Fsp3) is 0.389. The van der Waals surface area contributed by atoms with Gasteiger partial charge in [-0.15, -0.1) is 0 Å². The van der Waals surface area contributed by atoms with Crippen molar-refractivity contribution < 1.29 is 15.2 Å². The Hall–Kier alpha value is -1.90. The number of hydrogen-bond donors (Lipinski definition) is 3. The molecule has 5 N–H and O–H groups in total. The number of rotatable bonds is 2. The number of fused-ring (bicyclic) bond motifs is 1. The maximum atomic E-state index is 12.8. The number of phenols is 1. The summed E-state index contributed by atoms with van der Waals surface area (Å²) in [5.74, 6) is 1.01. The summed E-state index contributed by atoms with van der Waals surface area (Å²) in [5, 5.41) is 12.4. The van der Waals surface area contributed by atoms with Gasteiger partial charge in [-0.1, -0.05) is 11.6 Å². The van der Waals surface area contributed by atoms with Crippen molar-refractivity contribution in [2.45, 2.75) is 37.9 Å². The van der Waals surface area contributed by atoms with E-state index in [1.54, 1.807) is 17.0 Å². The van der Waals surface area contributed by atoms with Gasteiger partial charge in [-0.25, -0.2) is 14.8 Å². The maximum absolute atomic E-state index is 12.8. The van der Waals surface area contributed by atoms with Crippen LogP contribution in [0.2, 0.25) is 5.02 Å². The molecule has 3 fully saturated rings. The molecule has 0 saturated heterocycles. The zero-order valence-electron chi connectivity index (χ0n) is 14.4. The van der Waals surface area contributed by atoms with E-state index in [1.807, 2.05) is 5.32 Å². The molecule has 0 unspecified atom stereocenters. The van der Waals surface area contributed by atoms with Crippen LogP contribution in [0.15, 0.2) is 16.6 Å². The number of urea groups is 1. The molecular weight excluding hydrogens is 434 g/mol. The standard InChI is InChI=1S/C18H17BrClN5O2/c19-11-2-12(20)9(1-14(11)26)15-10-6-25(7-13(10)22-16(21)23-15)17(27)24-18-3-8(4-18)5-18/h1-2,8,26H,3-7H2,(H,24,27)(H2,21,22,23)/p+1. The van der Waals surface area contributed by atoms with Gasteiger partial charge in [0.15, 0.2) is 0 Å². The number of aromatic nitrogens is 2.